The topological polar surface area (TPSA) is 237 Å². The van der Waals surface area contributed by atoms with Crippen LogP contribution in [-0.4, -0.2) is 85.2 Å². The van der Waals surface area contributed by atoms with Gasteiger partial charge in [0.15, 0.2) is 0 Å². The van der Waals surface area contributed by atoms with Crippen LogP contribution in [0.2, 0.25) is 0 Å². The Morgan fingerprint density at radius 2 is 1.58 bits per heavy atom. The first kappa shape index (κ1) is 27.5. The lowest BCUT2D eigenvalue weighted by Crippen LogP contribution is -2.61. The molecule has 0 aliphatic carbocycles. The van der Waals surface area contributed by atoms with Gasteiger partial charge in [-0.3, -0.25) is 19.2 Å². The summed E-state index contributed by atoms with van der Waals surface area (Å²) < 4.78 is 0. The van der Waals surface area contributed by atoms with Crippen molar-refractivity contribution in [2.45, 2.75) is 63.9 Å². The average molecular weight is 470 g/mol. The molecule has 0 fully saturated rings. The van der Waals surface area contributed by atoms with E-state index in [1.54, 1.807) is 13.8 Å². The van der Waals surface area contributed by atoms with Crippen molar-refractivity contribution in [2.75, 3.05) is 0 Å². The second-order valence-electron chi connectivity index (χ2n) is 7.84. The van der Waals surface area contributed by atoms with Crippen LogP contribution in [-0.2, 0) is 30.4 Å². The number of aromatic nitrogens is 2. The number of imidazole rings is 1. The number of aliphatic hydroxyl groups is 1. The Morgan fingerprint density at radius 1 is 1.00 bits per heavy atom. The van der Waals surface area contributed by atoms with E-state index in [0.29, 0.717) is 5.69 Å². The van der Waals surface area contributed by atoms with E-state index < -0.39 is 72.3 Å². The van der Waals surface area contributed by atoms with Gasteiger partial charge in [-0.25, -0.2) is 9.78 Å². The number of carboxylic acid groups (broad SMARTS) is 2. The fraction of sp³-hybridized carbons (Fsp3) is 0.579. The largest absolute Gasteiger partial charge is 0.481 e. The maximum atomic E-state index is 12.8. The van der Waals surface area contributed by atoms with Gasteiger partial charge in [-0.15, -0.1) is 0 Å². The highest BCUT2D eigenvalue weighted by Gasteiger charge is 2.34. The fourth-order valence-electron chi connectivity index (χ4n) is 2.81. The van der Waals surface area contributed by atoms with Crippen molar-refractivity contribution in [3.63, 3.8) is 0 Å². The molecule has 1 rings (SSSR count). The summed E-state index contributed by atoms with van der Waals surface area (Å²) in [5.41, 5.74) is 6.49. The van der Waals surface area contributed by atoms with Gasteiger partial charge < -0.3 is 42.0 Å². The smallest absolute Gasteiger partial charge is 0.326 e. The molecule has 0 spiro atoms. The maximum absolute atomic E-state index is 12.8. The standard InChI is InChI=1S/C19H30N6O8/c1-8(2)14(24-16(29)11(20)4-10-6-21-7-22-10)17(30)25-15(9(3)26)18(31)23-12(19(32)33)5-13(27)28/h6-9,11-12,14-15,26H,4-5,20H2,1-3H3,(H,21,22)(H,23,31)(H,24,29)(H,25,30)(H,27,28)(H,32,33). The third-order valence-electron chi connectivity index (χ3n) is 4.63. The minimum atomic E-state index is -1.77. The minimum Gasteiger partial charge on any atom is -0.481 e. The van der Waals surface area contributed by atoms with Crippen LogP contribution >= 0.6 is 0 Å². The maximum Gasteiger partial charge on any atom is 0.326 e. The second kappa shape index (κ2) is 12.5. The lowest BCUT2D eigenvalue weighted by atomic mass is 10.0. The summed E-state index contributed by atoms with van der Waals surface area (Å²) in [6.07, 6.45) is 0.703. The van der Waals surface area contributed by atoms with Gasteiger partial charge in [0, 0.05) is 18.3 Å². The summed E-state index contributed by atoms with van der Waals surface area (Å²) in [4.78, 5) is 66.3. The number of aliphatic carboxylic acids is 2. The molecule has 184 valence electrons. The third kappa shape index (κ3) is 8.86. The van der Waals surface area contributed by atoms with Gasteiger partial charge in [0.1, 0.15) is 18.1 Å². The molecule has 0 bridgehead atoms. The quantitative estimate of drug-likeness (QED) is 0.149. The SMILES string of the molecule is CC(C)C(NC(=O)C(N)Cc1cnc[nH]1)C(=O)NC(C(=O)NC(CC(=O)O)C(=O)O)C(C)O. The van der Waals surface area contributed by atoms with Gasteiger partial charge in [-0.2, -0.15) is 0 Å². The number of carbonyl (C=O) groups is 5. The summed E-state index contributed by atoms with van der Waals surface area (Å²) in [5.74, 6) is -6.06. The van der Waals surface area contributed by atoms with Crippen LogP contribution in [0, 0.1) is 5.92 Å². The number of hydrogen-bond donors (Lipinski definition) is 8. The van der Waals surface area contributed by atoms with E-state index in [-0.39, 0.29) is 6.42 Å². The molecule has 5 unspecified atom stereocenters. The summed E-state index contributed by atoms with van der Waals surface area (Å²) in [5, 5.41) is 34.6. The van der Waals surface area contributed by atoms with Gasteiger partial charge in [-0.1, -0.05) is 13.8 Å². The van der Waals surface area contributed by atoms with Crippen molar-refractivity contribution in [2.24, 2.45) is 11.7 Å². The number of nitrogens with zero attached hydrogens (tertiary/aromatic N) is 1. The van der Waals surface area contributed by atoms with Crippen molar-refractivity contribution in [3.8, 4) is 0 Å². The van der Waals surface area contributed by atoms with Crippen molar-refractivity contribution < 1.29 is 39.3 Å². The summed E-state index contributed by atoms with van der Waals surface area (Å²) in [7, 11) is 0. The van der Waals surface area contributed by atoms with Crippen molar-refractivity contribution in [1.82, 2.24) is 25.9 Å². The number of nitrogens with one attached hydrogen (secondary N) is 4. The van der Waals surface area contributed by atoms with Crippen molar-refractivity contribution in [1.29, 1.82) is 0 Å². The lowest BCUT2D eigenvalue weighted by molar-refractivity contribution is -0.148. The van der Waals surface area contributed by atoms with E-state index in [9.17, 15) is 29.1 Å². The molecule has 0 radical (unpaired) electrons. The highest BCUT2D eigenvalue weighted by molar-refractivity contribution is 5.95. The van der Waals surface area contributed by atoms with Crippen LogP contribution in [0.1, 0.15) is 32.9 Å². The first-order valence-electron chi connectivity index (χ1n) is 10.1. The minimum absolute atomic E-state index is 0.136. The van der Waals surface area contributed by atoms with Crippen LogP contribution in [0.3, 0.4) is 0 Å². The summed E-state index contributed by atoms with van der Waals surface area (Å²) in [6.45, 7) is 4.45. The monoisotopic (exact) mass is 470 g/mol. The number of H-pyrrole nitrogens is 1. The molecule has 0 saturated carbocycles. The fourth-order valence-corrected chi connectivity index (χ4v) is 2.81. The zero-order chi connectivity index (χ0) is 25.3. The Balaban J connectivity index is 2.87. The van der Waals surface area contributed by atoms with Crippen LogP contribution in [0.4, 0.5) is 0 Å². The lowest BCUT2D eigenvalue weighted by Gasteiger charge is -2.28. The number of aromatic amines is 1. The van der Waals surface area contributed by atoms with Gasteiger partial charge in [-0.05, 0) is 12.8 Å². The molecule has 0 saturated heterocycles. The summed E-state index contributed by atoms with van der Waals surface area (Å²) in [6, 6.07) is -5.50. The zero-order valence-corrected chi connectivity index (χ0v) is 18.4. The molecule has 1 heterocycles. The number of carboxylic acids is 2. The Labute approximate surface area is 189 Å². The molecule has 5 atom stereocenters. The molecular weight excluding hydrogens is 440 g/mol. The normalized spacial score (nSPS) is 15.6. The van der Waals surface area contributed by atoms with Gasteiger partial charge in [0.25, 0.3) is 0 Å². The van der Waals surface area contributed by atoms with E-state index in [0.717, 1.165) is 0 Å². The molecule has 9 N–H and O–H groups in total. The van der Waals surface area contributed by atoms with Crippen molar-refractivity contribution >= 4 is 29.7 Å². The van der Waals surface area contributed by atoms with Gasteiger partial charge in [0.2, 0.25) is 17.7 Å². The number of rotatable bonds is 13. The molecule has 0 aromatic carbocycles. The van der Waals surface area contributed by atoms with E-state index in [1.165, 1.54) is 19.4 Å². The molecular formula is C19H30N6O8. The van der Waals surface area contributed by atoms with Crippen LogP contribution in [0.15, 0.2) is 12.5 Å². The summed E-state index contributed by atoms with van der Waals surface area (Å²) >= 11 is 0. The molecule has 0 aliphatic rings. The molecule has 0 aliphatic heterocycles. The predicted octanol–water partition coefficient (Wildman–Crippen LogP) is -2.67. The number of nitrogens with two attached hydrogens (primary N) is 1. The van der Waals surface area contributed by atoms with Crippen LogP contribution in [0.25, 0.3) is 0 Å². The highest BCUT2D eigenvalue weighted by atomic mass is 16.4. The zero-order valence-electron chi connectivity index (χ0n) is 18.4. The second-order valence-corrected chi connectivity index (χ2v) is 7.84. The Morgan fingerprint density at radius 3 is 2.03 bits per heavy atom. The van der Waals surface area contributed by atoms with Gasteiger partial charge >= 0.3 is 11.9 Å². The van der Waals surface area contributed by atoms with Crippen LogP contribution < -0.4 is 21.7 Å². The predicted molar refractivity (Wildman–Crippen MR) is 112 cm³/mol. The first-order chi connectivity index (χ1) is 15.3. The molecule has 14 heteroatoms. The Kier molecular flexibility index (Phi) is 10.4. The number of carbonyl (C=O) groups excluding carboxylic acids is 3. The number of aliphatic hydroxyl groups excluding tert-OH is 1. The first-order valence-corrected chi connectivity index (χ1v) is 10.1. The molecule has 14 nitrogen and oxygen atoms in total. The average Bonchev–Trinajstić information content (AvgIpc) is 3.21. The third-order valence-corrected chi connectivity index (χ3v) is 4.63. The van der Waals surface area contributed by atoms with E-state index in [4.69, 9.17) is 15.9 Å². The van der Waals surface area contributed by atoms with Crippen molar-refractivity contribution in [3.05, 3.63) is 18.2 Å². The highest BCUT2D eigenvalue weighted by Crippen LogP contribution is 2.06. The number of amides is 3. The van der Waals surface area contributed by atoms with Crippen LogP contribution in [0.5, 0.6) is 0 Å². The Hall–Kier alpha value is -3.52. The molecule has 1 aromatic heterocycles. The molecule has 3 amide bonds. The van der Waals surface area contributed by atoms with E-state index in [2.05, 4.69) is 20.6 Å². The van der Waals surface area contributed by atoms with E-state index >= 15 is 0 Å². The molecule has 1 aromatic rings. The Bertz CT molecular complexity index is 841. The number of hydrogen-bond acceptors (Lipinski definition) is 8. The van der Waals surface area contributed by atoms with Gasteiger partial charge in [0.05, 0.1) is 24.9 Å². The molecule has 33 heavy (non-hydrogen) atoms. The van der Waals surface area contributed by atoms with E-state index in [1.807, 2.05) is 5.32 Å².